The van der Waals surface area contributed by atoms with Crippen LogP contribution in [0, 0.1) is 12.7 Å². The van der Waals surface area contributed by atoms with Crippen LogP contribution < -0.4 is 4.31 Å². The lowest BCUT2D eigenvalue weighted by Crippen LogP contribution is -2.44. The summed E-state index contributed by atoms with van der Waals surface area (Å²) in [6.07, 6.45) is 2.54. The molecule has 1 heterocycles. The van der Waals surface area contributed by atoms with Crippen molar-refractivity contribution in [2.45, 2.75) is 13.5 Å². The highest BCUT2D eigenvalue weighted by Gasteiger charge is 2.25. The zero-order valence-electron chi connectivity index (χ0n) is 16.5. The number of hydrogen-bond acceptors (Lipinski definition) is 5. The summed E-state index contributed by atoms with van der Waals surface area (Å²) >= 11 is 0. The molecule has 0 saturated carbocycles. The number of hydrogen-bond donors (Lipinski definition) is 1. The molecule has 1 N–H and O–H groups in total. The van der Waals surface area contributed by atoms with E-state index in [2.05, 4.69) is 9.97 Å². The number of aryl methyl sites for hydroxylation is 1. The maximum atomic E-state index is 13.6. The first-order valence-electron chi connectivity index (χ1n) is 8.72. The van der Waals surface area contributed by atoms with Gasteiger partial charge in [-0.2, -0.15) is 0 Å². The van der Waals surface area contributed by atoms with Gasteiger partial charge in [-0.05, 0) is 39.2 Å². The Kier molecular flexibility index (Phi) is 7.14. The Morgan fingerprint density at radius 3 is 2.50 bits per heavy atom. The minimum atomic E-state index is -3.78. The molecule has 154 valence electrons. The Balaban J connectivity index is 2.26. The fourth-order valence-electron chi connectivity index (χ4n) is 2.59. The first-order valence-corrected chi connectivity index (χ1v) is 10.6. The van der Waals surface area contributed by atoms with Crippen molar-refractivity contribution < 1.29 is 17.6 Å². The van der Waals surface area contributed by atoms with E-state index in [9.17, 15) is 17.6 Å². The molecule has 2 rings (SSSR count). The zero-order valence-corrected chi connectivity index (χ0v) is 17.3. The van der Waals surface area contributed by atoms with Crippen molar-refractivity contribution in [3.05, 3.63) is 47.8 Å². The van der Waals surface area contributed by atoms with E-state index in [1.807, 2.05) is 25.9 Å². The second-order valence-corrected chi connectivity index (χ2v) is 8.75. The third-order valence-corrected chi connectivity index (χ3v) is 5.36. The van der Waals surface area contributed by atoms with Gasteiger partial charge in [-0.25, -0.2) is 17.8 Å². The second-order valence-electron chi connectivity index (χ2n) is 6.84. The number of nitrogens with zero attached hydrogens (tertiary/aromatic N) is 4. The Bertz CT molecular complexity index is 913. The molecule has 10 heteroatoms. The molecule has 0 aliphatic heterocycles. The normalized spacial score (nSPS) is 11.6. The van der Waals surface area contributed by atoms with Gasteiger partial charge in [-0.15, -0.1) is 0 Å². The molecule has 0 fully saturated rings. The van der Waals surface area contributed by atoms with Gasteiger partial charge in [0, 0.05) is 18.8 Å². The van der Waals surface area contributed by atoms with Crippen LogP contribution in [0.25, 0.3) is 0 Å². The quantitative estimate of drug-likeness (QED) is 0.670. The molecule has 28 heavy (non-hydrogen) atoms. The molecule has 2 aromatic rings. The molecular weight excluding hydrogens is 385 g/mol. The lowest BCUT2D eigenvalue weighted by molar-refractivity contribution is -0.130. The van der Waals surface area contributed by atoms with Crippen LogP contribution in [0.2, 0.25) is 0 Å². The smallest absolute Gasteiger partial charge is 0.243 e. The van der Waals surface area contributed by atoms with E-state index in [1.165, 1.54) is 18.2 Å². The third-order valence-electron chi connectivity index (χ3n) is 4.22. The van der Waals surface area contributed by atoms with Crippen molar-refractivity contribution in [1.29, 1.82) is 0 Å². The highest BCUT2D eigenvalue weighted by atomic mass is 32.2. The van der Waals surface area contributed by atoms with Crippen LogP contribution in [0.3, 0.4) is 0 Å². The monoisotopic (exact) mass is 411 g/mol. The van der Waals surface area contributed by atoms with Crippen LogP contribution in [-0.4, -0.2) is 74.1 Å². The van der Waals surface area contributed by atoms with Crippen molar-refractivity contribution >= 4 is 21.6 Å². The van der Waals surface area contributed by atoms with Crippen molar-refractivity contribution in [2.75, 3.05) is 44.3 Å². The minimum absolute atomic E-state index is 0.111. The van der Waals surface area contributed by atoms with Crippen molar-refractivity contribution in [1.82, 2.24) is 19.8 Å². The van der Waals surface area contributed by atoms with E-state index in [-0.39, 0.29) is 18.1 Å². The van der Waals surface area contributed by atoms with E-state index in [0.717, 1.165) is 22.3 Å². The number of benzene rings is 1. The van der Waals surface area contributed by atoms with Gasteiger partial charge in [0.2, 0.25) is 15.9 Å². The number of sulfonamides is 1. The first-order chi connectivity index (χ1) is 13.1. The summed E-state index contributed by atoms with van der Waals surface area (Å²) < 4.78 is 39.0. The molecule has 0 aliphatic rings. The van der Waals surface area contributed by atoms with Gasteiger partial charge in [-0.3, -0.25) is 9.10 Å². The lowest BCUT2D eigenvalue weighted by atomic mass is 10.3. The van der Waals surface area contributed by atoms with Gasteiger partial charge in [0.05, 0.1) is 30.5 Å². The van der Waals surface area contributed by atoms with E-state index in [4.69, 9.17) is 0 Å². The number of aromatic nitrogens is 2. The zero-order chi connectivity index (χ0) is 20.9. The van der Waals surface area contributed by atoms with E-state index in [0.29, 0.717) is 18.8 Å². The van der Waals surface area contributed by atoms with Crippen molar-refractivity contribution in [3.63, 3.8) is 0 Å². The number of anilines is 1. The molecule has 0 unspecified atom stereocenters. The van der Waals surface area contributed by atoms with Crippen LogP contribution in [0.5, 0.6) is 0 Å². The fraction of sp³-hybridized carbons (Fsp3) is 0.444. The summed E-state index contributed by atoms with van der Waals surface area (Å²) in [5.41, 5.74) is 1.66. The lowest BCUT2D eigenvalue weighted by Gasteiger charge is -2.28. The number of carbonyl (C=O) groups excluding carboxylic acids is 1. The number of imidazole rings is 1. The molecule has 0 aliphatic carbocycles. The van der Waals surface area contributed by atoms with E-state index >= 15 is 0 Å². The molecule has 8 nitrogen and oxygen atoms in total. The number of carbonyl (C=O) groups is 1. The van der Waals surface area contributed by atoms with Gasteiger partial charge >= 0.3 is 0 Å². The minimum Gasteiger partial charge on any atom is -0.348 e. The molecule has 0 bridgehead atoms. The van der Waals surface area contributed by atoms with Crippen molar-refractivity contribution in [3.8, 4) is 0 Å². The maximum absolute atomic E-state index is 13.6. The largest absolute Gasteiger partial charge is 0.348 e. The Morgan fingerprint density at radius 2 is 1.96 bits per heavy atom. The predicted octanol–water partition coefficient (Wildman–Crippen LogP) is 1.21. The standard InChI is InChI=1S/C18H26FN5O3S/c1-14-17(21-13-20-14)11-23(9-8-22(2)3)18(25)12-24(28(4,26)27)16-7-5-6-15(19)10-16/h5-7,10,13H,8-9,11-12H2,1-4H3,(H,20,21). The molecule has 0 radical (unpaired) electrons. The summed E-state index contributed by atoms with van der Waals surface area (Å²) in [5.74, 6) is -0.964. The molecule has 1 aromatic carbocycles. The summed E-state index contributed by atoms with van der Waals surface area (Å²) in [5, 5.41) is 0. The summed E-state index contributed by atoms with van der Waals surface area (Å²) in [6.45, 7) is 2.70. The number of likely N-dealkylation sites (N-methyl/N-ethyl adjacent to an activating group) is 1. The molecule has 0 spiro atoms. The second kappa shape index (κ2) is 9.16. The highest BCUT2D eigenvalue weighted by Crippen LogP contribution is 2.19. The van der Waals surface area contributed by atoms with Gasteiger partial charge < -0.3 is 14.8 Å². The summed E-state index contributed by atoms with van der Waals surface area (Å²) in [6, 6.07) is 5.18. The molecule has 0 atom stereocenters. The third kappa shape index (κ3) is 6.03. The van der Waals surface area contributed by atoms with Crippen LogP contribution in [0.4, 0.5) is 10.1 Å². The topological polar surface area (TPSA) is 89.6 Å². The van der Waals surface area contributed by atoms with Crippen LogP contribution in [0.1, 0.15) is 11.4 Å². The van der Waals surface area contributed by atoms with Crippen LogP contribution in [-0.2, 0) is 21.4 Å². The fourth-order valence-corrected chi connectivity index (χ4v) is 3.44. The summed E-state index contributed by atoms with van der Waals surface area (Å²) in [4.78, 5) is 23.6. The highest BCUT2D eigenvalue weighted by molar-refractivity contribution is 7.92. The number of H-pyrrole nitrogens is 1. The number of halogens is 1. The average Bonchev–Trinajstić information content (AvgIpc) is 2.99. The Morgan fingerprint density at radius 1 is 1.25 bits per heavy atom. The van der Waals surface area contributed by atoms with E-state index in [1.54, 1.807) is 11.2 Å². The number of nitrogens with one attached hydrogen (secondary N) is 1. The number of rotatable bonds is 9. The molecular formula is C18H26FN5O3S. The Labute approximate surface area is 165 Å². The maximum Gasteiger partial charge on any atom is 0.243 e. The van der Waals surface area contributed by atoms with Gasteiger partial charge in [0.25, 0.3) is 0 Å². The number of amides is 1. The van der Waals surface area contributed by atoms with Crippen LogP contribution in [0.15, 0.2) is 30.6 Å². The van der Waals surface area contributed by atoms with Gasteiger partial charge in [0.1, 0.15) is 12.4 Å². The summed E-state index contributed by atoms with van der Waals surface area (Å²) in [7, 11) is -0.00400. The average molecular weight is 412 g/mol. The molecule has 0 saturated heterocycles. The van der Waals surface area contributed by atoms with E-state index < -0.39 is 22.4 Å². The van der Waals surface area contributed by atoms with Gasteiger partial charge in [-0.1, -0.05) is 6.07 Å². The van der Waals surface area contributed by atoms with Gasteiger partial charge in [0.15, 0.2) is 0 Å². The predicted molar refractivity (Wildman–Crippen MR) is 106 cm³/mol. The molecule has 1 amide bonds. The first kappa shape index (κ1) is 21.8. The Hall–Kier alpha value is -2.46. The number of aromatic amines is 1. The van der Waals surface area contributed by atoms with Crippen molar-refractivity contribution in [2.24, 2.45) is 0 Å². The van der Waals surface area contributed by atoms with Crippen LogP contribution >= 0.6 is 0 Å². The molecule has 1 aromatic heterocycles. The SMILES string of the molecule is Cc1[nH]cnc1CN(CCN(C)C)C(=O)CN(c1cccc(F)c1)S(C)(=O)=O.